The Morgan fingerprint density at radius 2 is 0.717 bits per heavy atom. The van der Waals surface area contributed by atoms with Crippen molar-refractivity contribution in [2.45, 2.75) is 30.1 Å². The molecular formula is C41H36N4O6S2. The largest absolute Gasteiger partial charge is 0.322 e. The Balaban J connectivity index is 0.981. The van der Waals surface area contributed by atoms with E-state index in [0.717, 1.165) is 22.3 Å². The maximum absolute atomic E-state index is 12.9. The molecule has 268 valence electrons. The van der Waals surface area contributed by atoms with Crippen molar-refractivity contribution in [3.05, 3.63) is 179 Å². The number of amides is 2. The maximum atomic E-state index is 12.9. The summed E-state index contributed by atoms with van der Waals surface area (Å²) in [7, 11) is -7.50. The van der Waals surface area contributed by atoms with Crippen LogP contribution in [0.3, 0.4) is 0 Å². The highest BCUT2D eigenvalue weighted by molar-refractivity contribution is 7.93. The van der Waals surface area contributed by atoms with Crippen LogP contribution < -0.4 is 20.1 Å². The van der Waals surface area contributed by atoms with Gasteiger partial charge in [0.2, 0.25) is 0 Å². The highest BCUT2D eigenvalue weighted by Gasteiger charge is 2.16. The van der Waals surface area contributed by atoms with Crippen molar-refractivity contribution in [3.8, 4) is 0 Å². The first-order chi connectivity index (χ1) is 25.3. The Labute approximate surface area is 309 Å². The quantitative estimate of drug-likeness (QED) is 0.0998. The predicted molar refractivity (Wildman–Crippen MR) is 208 cm³/mol. The molecule has 0 aliphatic carbocycles. The lowest BCUT2D eigenvalue weighted by atomic mass is 10.0. The number of aryl methyl sites for hydroxylation is 2. The van der Waals surface area contributed by atoms with Crippen molar-refractivity contribution in [1.82, 2.24) is 0 Å². The maximum Gasteiger partial charge on any atom is 0.261 e. The number of carbonyl (C=O) groups is 2. The first-order valence-corrected chi connectivity index (χ1v) is 19.5. The molecule has 12 heteroatoms. The molecule has 6 aromatic rings. The fourth-order valence-electron chi connectivity index (χ4n) is 5.30. The van der Waals surface area contributed by atoms with Gasteiger partial charge in [-0.05, 0) is 128 Å². The van der Waals surface area contributed by atoms with Gasteiger partial charge in [-0.2, -0.15) is 0 Å². The number of rotatable bonds is 12. The summed E-state index contributed by atoms with van der Waals surface area (Å²) in [5.74, 6) is -0.663. The van der Waals surface area contributed by atoms with Gasteiger partial charge in [0.05, 0.1) is 9.79 Å². The second-order valence-electron chi connectivity index (χ2n) is 12.5. The zero-order valence-corrected chi connectivity index (χ0v) is 30.5. The van der Waals surface area contributed by atoms with E-state index in [2.05, 4.69) is 20.1 Å². The lowest BCUT2D eigenvalue weighted by molar-refractivity contribution is 0.101. The molecule has 6 aromatic carbocycles. The van der Waals surface area contributed by atoms with Crippen LogP contribution in [0.4, 0.5) is 22.7 Å². The number of nitrogens with one attached hydrogen (secondary N) is 4. The third-order valence-electron chi connectivity index (χ3n) is 8.29. The van der Waals surface area contributed by atoms with E-state index in [1.807, 2.05) is 62.4 Å². The molecule has 0 aliphatic rings. The summed E-state index contributed by atoms with van der Waals surface area (Å²) in [5.41, 5.74) is 6.60. The number of hydrogen-bond acceptors (Lipinski definition) is 6. The average molecular weight is 745 g/mol. The van der Waals surface area contributed by atoms with Crippen LogP contribution in [0.15, 0.2) is 155 Å². The van der Waals surface area contributed by atoms with Crippen LogP contribution in [0.2, 0.25) is 0 Å². The molecular weight excluding hydrogens is 709 g/mol. The number of sulfonamides is 2. The fraction of sp³-hybridized carbons (Fsp3) is 0.0732. The van der Waals surface area contributed by atoms with E-state index in [1.54, 1.807) is 97.1 Å². The summed E-state index contributed by atoms with van der Waals surface area (Å²) >= 11 is 0. The molecule has 53 heavy (non-hydrogen) atoms. The minimum Gasteiger partial charge on any atom is -0.322 e. The summed E-state index contributed by atoms with van der Waals surface area (Å²) in [6.45, 7) is 3.76. The van der Waals surface area contributed by atoms with Crippen LogP contribution in [-0.4, -0.2) is 28.6 Å². The zero-order valence-electron chi connectivity index (χ0n) is 28.8. The van der Waals surface area contributed by atoms with E-state index in [-0.39, 0.29) is 21.6 Å². The summed E-state index contributed by atoms with van der Waals surface area (Å²) in [6.07, 6.45) is 0.627. The molecule has 0 spiro atoms. The van der Waals surface area contributed by atoms with Crippen LogP contribution in [0.5, 0.6) is 0 Å². The molecule has 0 heterocycles. The minimum atomic E-state index is -3.75. The van der Waals surface area contributed by atoms with Gasteiger partial charge >= 0.3 is 0 Å². The lowest BCUT2D eigenvalue weighted by Crippen LogP contribution is -2.14. The summed E-state index contributed by atoms with van der Waals surface area (Å²) in [4.78, 5) is 26.0. The molecule has 0 aromatic heterocycles. The average Bonchev–Trinajstić information content (AvgIpc) is 3.14. The highest BCUT2D eigenvalue weighted by atomic mass is 32.2. The molecule has 0 aliphatic heterocycles. The Morgan fingerprint density at radius 3 is 1.04 bits per heavy atom. The van der Waals surface area contributed by atoms with E-state index in [9.17, 15) is 26.4 Å². The Kier molecular flexibility index (Phi) is 10.7. The van der Waals surface area contributed by atoms with Gasteiger partial charge < -0.3 is 10.6 Å². The molecule has 0 radical (unpaired) electrons. The van der Waals surface area contributed by atoms with E-state index >= 15 is 0 Å². The van der Waals surface area contributed by atoms with E-state index in [0.29, 0.717) is 40.3 Å². The first kappa shape index (κ1) is 36.5. The van der Waals surface area contributed by atoms with Crippen LogP contribution in [0.25, 0.3) is 0 Å². The van der Waals surface area contributed by atoms with Crippen molar-refractivity contribution in [3.63, 3.8) is 0 Å². The summed E-state index contributed by atoms with van der Waals surface area (Å²) in [5, 5.41) is 5.72. The van der Waals surface area contributed by atoms with Crippen molar-refractivity contribution >= 4 is 54.6 Å². The van der Waals surface area contributed by atoms with Gasteiger partial charge in [0.15, 0.2) is 0 Å². The smallest absolute Gasteiger partial charge is 0.261 e. The molecule has 2 amide bonds. The highest BCUT2D eigenvalue weighted by Crippen LogP contribution is 2.21. The third kappa shape index (κ3) is 9.56. The number of carbonyl (C=O) groups excluding carboxylic acids is 2. The first-order valence-electron chi connectivity index (χ1n) is 16.5. The molecule has 0 bridgehead atoms. The Hall–Kier alpha value is -6.24. The predicted octanol–water partition coefficient (Wildman–Crippen LogP) is 8.00. The summed E-state index contributed by atoms with van der Waals surface area (Å²) < 4.78 is 55.8. The van der Waals surface area contributed by atoms with Crippen molar-refractivity contribution in [2.75, 3.05) is 20.1 Å². The molecule has 10 nitrogen and oxygen atoms in total. The molecule has 0 fully saturated rings. The van der Waals surface area contributed by atoms with Gasteiger partial charge in [-0.25, -0.2) is 16.8 Å². The monoisotopic (exact) mass is 744 g/mol. The lowest BCUT2D eigenvalue weighted by Gasteiger charge is -2.10. The molecule has 4 N–H and O–H groups in total. The Bertz CT molecular complexity index is 2270. The molecule has 0 atom stereocenters. The van der Waals surface area contributed by atoms with Gasteiger partial charge in [0, 0.05) is 33.9 Å². The van der Waals surface area contributed by atoms with E-state index < -0.39 is 20.0 Å². The minimum absolute atomic E-state index is 0.153. The van der Waals surface area contributed by atoms with Crippen molar-refractivity contribution in [1.29, 1.82) is 0 Å². The van der Waals surface area contributed by atoms with Crippen molar-refractivity contribution in [2.24, 2.45) is 0 Å². The molecule has 0 unspecified atom stereocenters. The van der Waals surface area contributed by atoms with Crippen LogP contribution in [-0.2, 0) is 26.5 Å². The standard InChI is InChI=1S/C41H36N4O6S2/c1-28-3-23-38(24-4-28)52(48,49)44-36-19-11-32(12-20-36)40(46)42-34-15-7-30(8-16-34)27-31-9-17-35(18-10-31)43-41(47)33-13-21-37(22-14-33)45-53(50,51)39-25-5-29(2)6-26-39/h3-26,44-45H,27H2,1-2H3,(H,42,46)(H,43,47). The Morgan fingerprint density at radius 1 is 0.415 bits per heavy atom. The third-order valence-corrected chi connectivity index (χ3v) is 11.1. The fourth-order valence-corrected chi connectivity index (χ4v) is 7.41. The molecule has 6 rings (SSSR count). The van der Waals surface area contributed by atoms with Gasteiger partial charge in [0.25, 0.3) is 31.9 Å². The van der Waals surface area contributed by atoms with E-state index in [4.69, 9.17) is 0 Å². The van der Waals surface area contributed by atoms with Crippen molar-refractivity contribution < 1.29 is 26.4 Å². The SMILES string of the molecule is Cc1ccc(S(=O)(=O)Nc2ccc(C(=O)Nc3ccc(Cc4ccc(NC(=O)c5ccc(NS(=O)(=O)c6ccc(C)cc6)cc5)cc4)cc3)cc2)cc1. The number of hydrogen-bond donors (Lipinski definition) is 4. The van der Waals surface area contributed by atoms with Gasteiger partial charge in [0.1, 0.15) is 0 Å². The van der Waals surface area contributed by atoms with Gasteiger partial charge in [-0.1, -0.05) is 59.7 Å². The van der Waals surface area contributed by atoms with Crippen LogP contribution >= 0.6 is 0 Å². The second-order valence-corrected chi connectivity index (χ2v) is 15.8. The van der Waals surface area contributed by atoms with Gasteiger partial charge in [-0.3, -0.25) is 19.0 Å². The molecule has 0 saturated heterocycles. The summed E-state index contributed by atoms with van der Waals surface area (Å²) in [6, 6.07) is 40.4. The molecule has 0 saturated carbocycles. The zero-order chi connectivity index (χ0) is 37.6. The van der Waals surface area contributed by atoms with Gasteiger partial charge in [-0.15, -0.1) is 0 Å². The van der Waals surface area contributed by atoms with E-state index in [1.165, 1.54) is 0 Å². The second kappa shape index (κ2) is 15.6. The van der Waals surface area contributed by atoms with Crippen LogP contribution in [0, 0.1) is 13.8 Å². The topological polar surface area (TPSA) is 151 Å². The number of benzene rings is 6. The normalized spacial score (nSPS) is 11.4. The van der Waals surface area contributed by atoms with Crippen LogP contribution in [0.1, 0.15) is 43.0 Å². The number of anilines is 4.